The van der Waals surface area contributed by atoms with Crippen molar-refractivity contribution in [2.24, 2.45) is 0 Å². The summed E-state index contributed by atoms with van der Waals surface area (Å²) in [6.45, 7) is 2.00. The van der Waals surface area contributed by atoms with Gasteiger partial charge in [0.25, 0.3) is 0 Å². The number of nitrogens with one attached hydrogen (secondary N) is 1. The number of anilines is 2. The summed E-state index contributed by atoms with van der Waals surface area (Å²) < 4.78 is 26.6. The van der Waals surface area contributed by atoms with Crippen molar-refractivity contribution in [1.82, 2.24) is 4.31 Å². The average Bonchev–Trinajstić information content (AvgIpc) is 2.17. The Bertz CT molecular complexity index is 469. The van der Waals surface area contributed by atoms with E-state index in [0.29, 0.717) is 11.4 Å². The number of nitrogen functional groups attached to an aromatic ring is 1. The van der Waals surface area contributed by atoms with Crippen LogP contribution >= 0.6 is 0 Å². The molecule has 16 heavy (non-hydrogen) atoms. The van der Waals surface area contributed by atoms with Crippen molar-refractivity contribution in [3.05, 3.63) is 23.8 Å². The Morgan fingerprint density at radius 2 is 2.00 bits per heavy atom. The van der Waals surface area contributed by atoms with Gasteiger partial charge in [-0.15, -0.1) is 0 Å². The van der Waals surface area contributed by atoms with Crippen LogP contribution in [0.5, 0.6) is 0 Å². The third kappa shape index (κ3) is 2.86. The van der Waals surface area contributed by atoms with Crippen LogP contribution in [-0.4, -0.2) is 26.8 Å². The molecule has 0 heterocycles. The van der Waals surface area contributed by atoms with Crippen LogP contribution in [0.2, 0.25) is 0 Å². The van der Waals surface area contributed by atoms with Gasteiger partial charge in [-0.1, -0.05) is 13.0 Å². The quantitative estimate of drug-likeness (QED) is 0.776. The predicted octanol–water partition coefficient (Wildman–Crippen LogP) is 1.05. The Morgan fingerprint density at radius 1 is 1.38 bits per heavy atom. The van der Waals surface area contributed by atoms with Crippen LogP contribution in [0.1, 0.15) is 12.5 Å². The fourth-order valence-corrected chi connectivity index (χ4v) is 1.83. The van der Waals surface area contributed by atoms with Crippen LogP contribution in [-0.2, 0) is 16.6 Å². The first-order valence-corrected chi connectivity index (χ1v) is 6.39. The maximum Gasteiger partial charge on any atom is 0.301 e. The molecule has 90 valence electrons. The van der Waals surface area contributed by atoms with E-state index < -0.39 is 10.2 Å². The summed E-state index contributed by atoms with van der Waals surface area (Å²) in [7, 11) is -0.531. The van der Waals surface area contributed by atoms with Crippen molar-refractivity contribution >= 4 is 21.6 Å². The fraction of sp³-hybridized carbons (Fsp3) is 0.400. The smallest absolute Gasteiger partial charge is 0.301 e. The molecule has 0 aromatic heterocycles. The lowest BCUT2D eigenvalue weighted by Gasteiger charge is -2.14. The molecule has 1 aromatic carbocycles. The Hall–Kier alpha value is -1.27. The van der Waals surface area contributed by atoms with Crippen molar-refractivity contribution in [3.8, 4) is 0 Å². The summed E-state index contributed by atoms with van der Waals surface area (Å²) in [6.07, 6.45) is 0.826. The van der Waals surface area contributed by atoms with Crippen molar-refractivity contribution in [1.29, 1.82) is 0 Å². The minimum atomic E-state index is -3.46. The number of nitrogens with zero attached hydrogens (tertiary/aromatic N) is 1. The van der Waals surface area contributed by atoms with Crippen molar-refractivity contribution < 1.29 is 8.42 Å². The van der Waals surface area contributed by atoms with E-state index in [-0.39, 0.29) is 0 Å². The van der Waals surface area contributed by atoms with Crippen LogP contribution in [0.3, 0.4) is 0 Å². The molecule has 0 spiro atoms. The zero-order valence-electron chi connectivity index (χ0n) is 9.69. The van der Waals surface area contributed by atoms with Gasteiger partial charge in [-0.05, 0) is 24.1 Å². The molecule has 3 N–H and O–H groups in total. The minimum Gasteiger partial charge on any atom is -0.398 e. The normalized spacial score (nSPS) is 11.8. The van der Waals surface area contributed by atoms with Crippen molar-refractivity contribution in [2.75, 3.05) is 24.6 Å². The molecule has 5 nitrogen and oxygen atoms in total. The second-order valence-electron chi connectivity index (χ2n) is 3.66. The zero-order chi connectivity index (χ0) is 12.3. The Labute approximate surface area is 96.4 Å². The zero-order valence-corrected chi connectivity index (χ0v) is 10.5. The number of rotatable bonds is 4. The topological polar surface area (TPSA) is 75.4 Å². The van der Waals surface area contributed by atoms with E-state index in [2.05, 4.69) is 4.72 Å². The number of hydrogen-bond acceptors (Lipinski definition) is 3. The number of nitrogens with two attached hydrogens (primary N) is 1. The SMILES string of the molecule is CCc1ccc(NS(=O)(=O)N(C)C)cc1N. The van der Waals surface area contributed by atoms with E-state index in [9.17, 15) is 8.42 Å². The third-order valence-electron chi connectivity index (χ3n) is 2.25. The minimum absolute atomic E-state index is 0.475. The van der Waals surface area contributed by atoms with Gasteiger partial charge in [-0.2, -0.15) is 12.7 Å². The first kappa shape index (κ1) is 12.8. The van der Waals surface area contributed by atoms with Crippen molar-refractivity contribution in [2.45, 2.75) is 13.3 Å². The Kier molecular flexibility index (Phi) is 3.77. The van der Waals surface area contributed by atoms with Gasteiger partial charge in [0.2, 0.25) is 0 Å². The maximum absolute atomic E-state index is 11.5. The molecule has 0 radical (unpaired) electrons. The van der Waals surface area contributed by atoms with Crippen LogP contribution in [0.15, 0.2) is 18.2 Å². The molecule has 1 aromatic rings. The number of hydrogen-bond donors (Lipinski definition) is 2. The highest BCUT2D eigenvalue weighted by molar-refractivity contribution is 7.90. The number of aryl methyl sites for hydroxylation is 1. The summed E-state index contributed by atoms with van der Waals surface area (Å²) in [5.41, 5.74) is 7.86. The highest BCUT2D eigenvalue weighted by Gasteiger charge is 2.13. The van der Waals surface area contributed by atoms with Gasteiger partial charge in [-0.25, -0.2) is 0 Å². The molecule has 6 heteroatoms. The molecular formula is C10H17N3O2S. The lowest BCUT2D eigenvalue weighted by Crippen LogP contribution is -2.28. The lowest BCUT2D eigenvalue weighted by molar-refractivity contribution is 0.527. The van der Waals surface area contributed by atoms with Gasteiger partial charge in [-0.3, -0.25) is 4.72 Å². The first-order valence-electron chi connectivity index (χ1n) is 4.95. The molecule has 1 rings (SSSR count). The Balaban J connectivity index is 2.96. The molecule has 0 fully saturated rings. The lowest BCUT2D eigenvalue weighted by atomic mass is 10.1. The first-order chi connectivity index (χ1) is 7.36. The predicted molar refractivity (Wildman–Crippen MR) is 66.5 cm³/mol. The molecule has 0 bridgehead atoms. The van der Waals surface area contributed by atoms with E-state index in [1.165, 1.54) is 14.1 Å². The van der Waals surface area contributed by atoms with E-state index in [4.69, 9.17) is 5.73 Å². The third-order valence-corrected chi connectivity index (χ3v) is 3.71. The van der Waals surface area contributed by atoms with Crippen LogP contribution in [0.4, 0.5) is 11.4 Å². The van der Waals surface area contributed by atoms with Crippen molar-refractivity contribution in [3.63, 3.8) is 0 Å². The van der Waals surface area contributed by atoms with E-state index in [1.54, 1.807) is 12.1 Å². The second kappa shape index (κ2) is 4.71. The molecule has 0 saturated heterocycles. The molecule has 0 atom stereocenters. The monoisotopic (exact) mass is 243 g/mol. The second-order valence-corrected chi connectivity index (χ2v) is 5.54. The van der Waals surface area contributed by atoms with Gasteiger partial charge in [0, 0.05) is 19.8 Å². The summed E-state index contributed by atoms with van der Waals surface area (Å²) >= 11 is 0. The molecule has 0 aliphatic rings. The van der Waals surface area contributed by atoms with E-state index in [1.807, 2.05) is 13.0 Å². The van der Waals surface area contributed by atoms with Gasteiger partial charge in [0.05, 0.1) is 5.69 Å². The van der Waals surface area contributed by atoms with Gasteiger partial charge < -0.3 is 5.73 Å². The molecule has 0 aliphatic heterocycles. The fourth-order valence-electron chi connectivity index (χ4n) is 1.22. The summed E-state index contributed by atoms with van der Waals surface area (Å²) in [4.78, 5) is 0. The van der Waals surface area contributed by atoms with E-state index in [0.717, 1.165) is 16.3 Å². The van der Waals surface area contributed by atoms with Crippen LogP contribution in [0, 0.1) is 0 Å². The largest absolute Gasteiger partial charge is 0.398 e. The number of benzene rings is 1. The molecule has 0 saturated carbocycles. The van der Waals surface area contributed by atoms with Gasteiger partial charge in [0.15, 0.2) is 0 Å². The maximum atomic E-state index is 11.5. The summed E-state index contributed by atoms with van der Waals surface area (Å²) in [5, 5.41) is 0. The molecule has 0 aliphatic carbocycles. The molecule has 0 unspecified atom stereocenters. The highest BCUT2D eigenvalue weighted by Crippen LogP contribution is 2.19. The van der Waals surface area contributed by atoms with Crippen LogP contribution in [0.25, 0.3) is 0 Å². The van der Waals surface area contributed by atoms with Crippen LogP contribution < -0.4 is 10.5 Å². The Morgan fingerprint density at radius 3 is 2.44 bits per heavy atom. The average molecular weight is 243 g/mol. The standard InChI is InChI=1S/C10H17N3O2S/c1-4-8-5-6-9(7-10(8)11)12-16(14,15)13(2)3/h5-7,12H,4,11H2,1-3H3. The van der Waals surface area contributed by atoms with Gasteiger partial charge >= 0.3 is 10.2 Å². The molecule has 0 amide bonds. The molecular weight excluding hydrogens is 226 g/mol. The van der Waals surface area contributed by atoms with Gasteiger partial charge in [0.1, 0.15) is 0 Å². The highest BCUT2D eigenvalue weighted by atomic mass is 32.2. The summed E-state index contributed by atoms with van der Waals surface area (Å²) in [6, 6.07) is 5.15. The summed E-state index contributed by atoms with van der Waals surface area (Å²) in [5.74, 6) is 0. The van der Waals surface area contributed by atoms with E-state index >= 15 is 0 Å².